The summed E-state index contributed by atoms with van der Waals surface area (Å²) in [5.41, 5.74) is 3.98. The van der Waals surface area contributed by atoms with Crippen molar-refractivity contribution >= 4 is 11.6 Å². The largest absolute Gasteiger partial charge is 0.497 e. The quantitative estimate of drug-likeness (QED) is 0.704. The Bertz CT molecular complexity index is 533. The van der Waals surface area contributed by atoms with Crippen molar-refractivity contribution in [2.24, 2.45) is 5.92 Å². The molecule has 1 atom stereocenters. The van der Waals surface area contributed by atoms with Crippen molar-refractivity contribution in [3.8, 4) is 5.75 Å². The van der Waals surface area contributed by atoms with Gasteiger partial charge in [-0.1, -0.05) is 42.0 Å². The van der Waals surface area contributed by atoms with Gasteiger partial charge in [0.1, 0.15) is 5.75 Å². The third-order valence-electron chi connectivity index (χ3n) is 3.51. The predicted molar refractivity (Wildman–Crippen MR) is 85.8 cm³/mol. The second-order valence-electron chi connectivity index (χ2n) is 5.27. The van der Waals surface area contributed by atoms with Crippen molar-refractivity contribution in [3.63, 3.8) is 0 Å². The number of rotatable bonds is 6. The zero-order valence-corrected chi connectivity index (χ0v) is 12.9. The third-order valence-corrected chi connectivity index (χ3v) is 3.94. The van der Waals surface area contributed by atoms with Crippen LogP contribution in [-0.4, -0.2) is 13.0 Å². The fourth-order valence-corrected chi connectivity index (χ4v) is 2.67. The first-order chi connectivity index (χ1) is 9.71. The zero-order valence-electron chi connectivity index (χ0n) is 12.1. The van der Waals surface area contributed by atoms with Crippen molar-refractivity contribution in [2.75, 3.05) is 13.0 Å². The van der Waals surface area contributed by atoms with E-state index in [0.29, 0.717) is 11.8 Å². The number of ether oxygens (including phenoxy) is 1. The molecule has 0 amide bonds. The summed E-state index contributed by atoms with van der Waals surface area (Å²) in [5, 5.41) is 0. The van der Waals surface area contributed by atoms with E-state index in [-0.39, 0.29) is 0 Å². The van der Waals surface area contributed by atoms with Crippen molar-refractivity contribution in [1.82, 2.24) is 0 Å². The van der Waals surface area contributed by atoms with E-state index in [1.54, 1.807) is 7.11 Å². The van der Waals surface area contributed by atoms with Crippen molar-refractivity contribution in [3.05, 3.63) is 65.2 Å². The third kappa shape index (κ3) is 4.28. The van der Waals surface area contributed by atoms with Gasteiger partial charge in [0.25, 0.3) is 0 Å². The topological polar surface area (TPSA) is 9.23 Å². The van der Waals surface area contributed by atoms with Crippen LogP contribution in [-0.2, 0) is 12.8 Å². The van der Waals surface area contributed by atoms with Crippen LogP contribution in [0.5, 0.6) is 5.75 Å². The fourth-order valence-electron chi connectivity index (χ4n) is 2.45. The lowest BCUT2D eigenvalue weighted by molar-refractivity contribution is 0.414. The Morgan fingerprint density at radius 3 is 2.30 bits per heavy atom. The molecule has 2 aromatic carbocycles. The molecule has 0 saturated heterocycles. The zero-order chi connectivity index (χ0) is 14.4. The SMILES string of the molecule is COc1ccc(CC(CCl)Cc2cccc(C)c2)cc1. The minimum Gasteiger partial charge on any atom is -0.497 e. The lowest BCUT2D eigenvalue weighted by Crippen LogP contribution is -2.10. The molecule has 0 aliphatic heterocycles. The van der Waals surface area contributed by atoms with Crippen LogP contribution in [0.3, 0.4) is 0 Å². The molecule has 2 rings (SSSR count). The van der Waals surface area contributed by atoms with Crippen LogP contribution in [0, 0.1) is 12.8 Å². The Morgan fingerprint density at radius 2 is 1.70 bits per heavy atom. The van der Waals surface area contributed by atoms with Crippen molar-refractivity contribution in [1.29, 1.82) is 0 Å². The van der Waals surface area contributed by atoms with Gasteiger partial charge in [-0.15, -0.1) is 11.6 Å². The molecule has 106 valence electrons. The first-order valence-corrected chi connectivity index (χ1v) is 7.49. The summed E-state index contributed by atoms with van der Waals surface area (Å²) >= 11 is 6.14. The number of alkyl halides is 1. The number of benzene rings is 2. The highest BCUT2D eigenvalue weighted by Crippen LogP contribution is 2.19. The summed E-state index contributed by atoms with van der Waals surface area (Å²) in [6.07, 6.45) is 2.03. The van der Waals surface area contributed by atoms with Crippen LogP contribution in [0.1, 0.15) is 16.7 Å². The van der Waals surface area contributed by atoms with Crippen LogP contribution in [0.4, 0.5) is 0 Å². The highest BCUT2D eigenvalue weighted by molar-refractivity contribution is 6.18. The summed E-state index contributed by atoms with van der Waals surface area (Å²) in [6, 6.07) is 16.9. The van der Waals surface area contributed by atoms with Gasteiger partial charge in [-0.05, 0) is 48.9 Å². The molecule has 2 heteroatoms. The molecule has 0 spiro atoms. The second kappa shape index (κ2) is 7.35. The molecular weight excluding hydrogens is 268 g/mol. The first-order valence-electron chi connectivity index (χ1n) is 6.95. The average Bonchev–Trinajstić information content (AvgIpc) is 2.47. The van der Waals surface area contributed by atoms with Crippen LogP contribution in [0.25, 0.3) is 0 Å². The Labute approximate surface area is 126 Å². The monoisotopic (exact) mass is 288 g/mol. The van der Waals surface area contributed by atoms with Crippen LogP contribution < -0.4 is 4.74 Å². The van der Waals surface area contributed by atoms with E-state index in [1.807, 2.05) is 12.1 Å². The van der Waals surface area contributed by atoms with Gasteiger partial charge in [0, 0.05) is 5.88 Å². The molecule has 20 heavy (non-hydrogen) atoms. The maximum Gasteiger partial charge on any atom is 0.118 e. The van der Waals surface area contributed by atoms with E-state index < -0.39 is 0 Å². The van der Waals surface area contributed by atoms with E-state index in [2.05, 4.69) is 43.3 Å². The van der Waals surface area contributed by atoms with Gasteiger partial charge in [0.05, 0.1) is 7.11 Å². The Morgan fingerprint density at radius 1 is 1.00 bits per heavy atom. The summed E-state index contributed by atoms with van der Waals surface area (Å²) in [7, 11) is 1.69. The molecule has 0 N–H and O–H groups in total. The van der Waals surface area contributed by atoms with Crippen molar-refractivity contribution in [2.45, 2.75) is 19.8 Å². The molecule has 0 bridgehead atoms. The Balaban J connectivity index is 2.01. The molecule has 0 saturated carbocycles. The van der Waals surface area contributed by atoms with E-state index in [1.165, 1.54) is 16.7 Å². The maximum atomic E-state index is 6.14. The molecule has 0 aliphatic carbocycles. The van der Waals surface area contributed by atoms with Crippen molar-refractivity contribution < 1.29 is 4.74 Å². The number of methoxy groups -OCH3 is 1. The molecule has 1 unspecified atom stereocenters. The summed E-state index contributed by atoms with van der Waals surface area (Å²) in [6.45, 7) is 2.13. The van der Waals surface area contributed by atoms with E-state index in [0.717, 1.165) is 18.6 Å². The molecule has 1 nitrogen and oxygen atoms in total. The number of hydrogen-bond acceptors (Lipinski definition) is 1. The van der Waals surface area contributed by atoms with Gasteiger partial charge in [-0.25, -0.2) is 0 Å². The Hall–Kier alpha value is -1.47. The van der Waals surface area contributed by atoms with Gasteiger partial charge < -0.3 is 4.74 Å². The first kappa shape index (κ1) is 14.9. The Kier molecular flexibility index (Phi) is 5.49. The summed E-state index contributed by atoms with van der Waals surface area (Å²) < 4.78 is 5.18. The highest BCUT2D eigenvalue weighted by atomic mass is 35.5. The molecular formula is C18H21ClO. The second-order valence-corrected chi connectivity index (χ2v) is 5.57. The van der Waals surface area contributed by atoms with Gasteiger partial charge in [-0.2, -0.15) is 0 Å². The normalized spacial score (nSPS) is 12.2. The fraction of sp³-hybridized carbons (Fsp3) is 0.333. The van der Waals surface area contributed by atoms with E-state index in [4.69, 9.17) is 16.3 Å². The lowest BCUT2D eigenvalue weighted by Gasteiger charge is -2.14. The van der Waals surface area contributed by atoms with E-state index in [9.17, 15) is 0 Å². The molecule has 0 aromatic heterocycles. The van der Waals surface area contributed by atoms with Gasteiger partial charge in [0.2, 0.25) is 0 Å². The molecule has 0 fully saturated rings. The van der Waals surface area contributed by atoms with Gasteiger partial charge >= 0.3 is 0 Å². The molecule has 2 aromatic rings. The number of aryl methyl sites for hydroxylation is 1. The molecule has 0 radical (unpaired) electrons. The van der Waals surface area contributed by atoms with E-state index >= 15 is 0 Å². The maximum absolute atomic E-state index is 6.14. The smallest absolute Gasteiger partial charge is 0.118 e. The standard InChI is InChI=1S/C18H21ClO/c1-14-4-3-5-16(10-14)12-17(13-19)11-15-6-8-18(20-2)9-7-15/h3-10,17H,11-13H2,1-2H3. The van der Waals surface area contributed by atoms with Crippen LogP contribution in [0.2, 0.25) is 0 Å². The minimum atomic E-state index is 0.465. The lowest BCUT2D eigenvalue weighted by atomic mass is 9.93. The summed E-state index contributed by atoms with van der Waals surface area (Å²) in [5.74, 6) is 2.04. The molecule has 0 heterocycles. The summed E-state index contributed by atoms with van der Waals surface area (Å²) in [4.78, 5) is 0. The van der Waals surface area contributed by atoms with Crippen LogP contribution in [0.15, 0.2) is 48.5 Å². The molecule has 0 aliphatic rings. The number of halogens is 1. The van der Waals surface area contributed by atoms with Gasteiger partial charge in [0.15, 0.2) is 0 Å². The van der Waals surface area contributed by atoms with Gasteiger partial charge in [-0.3, -0.25) is 0 Å². The van der Waals surface area contributed by atoms with Crippen LogP contribution >= 0.6 is 11.6 Å². The highest BCUT2D eigenvalue weighted by Gasteiger charge is 2.10. The minimum absolute atomic E-state index is 0.465. The number of hydrogen-bond donors (Lipinski definition) is 0. The average molecular weight is 289 g/mol. The predicted octanol–water partition coefficient (Wildman–Crippen LogP) is 4.64.